The predicted molar refractivity (Wildman–Crippen MR) is 171 cm³/mol. The Morgan fingerprint density at radius 3 is 1.28 bits per heavy atom. The van der Waals surface area contributed by atoms with E-state index in [0.29, 0.717) is 22.5 Å². The van der Waals surface area contributed by atoms with Gasteiger partial charge in [0.15, 0.2) is 0 Å². The van der Waals surface area contributed by atoms with Gasteiger partial charge in [0.2, 0.25) is 11.8 Å². The number of aliphatic imine (C=N–C) groups is 2. The standard InChI is InChI=1S/2C17H14FN3O2.Cr/c2*1-11-14(10-19-15-8-7-12(18)9-16(15)22)17(23)21(20-11)13-5-3-2-4-6-13;/h2*2-10,22-23H,1H3;. The molecule has 47 heavy (non-hydrogen) atoms. The summed E-state index contributed by atoms with van der Waals surface area (Å²) < 4.78 is 28.7. The fourth-order valence-electron chi connectivity index (χ4n) is 4.33. The molecule has 0 unspecified atom stereocenters. The summed E-state index contributed by atoms with van der Waals surface area (Å²) in [5.74, 6) is -1.74. The number of hydrogen-bond acceptors (Lipinski definition) is 8. The van der Waals surface area contributed by atoms with Crippen LogP contribution in [0.25, 0.3) is 11.4 Å². The van der Waals surface area contributed by atoms with Gasteiger partial charge in [-0.2, -0.15) is 10.2 Å². The summed E-state index contributed by atoms with van der Waals surface area (Å²) in [6.45, 7) is 3.48. The first-order valence-corrected chi connectivity index (χ1v) is 13.9. The number of aryl methyl sites for hydroxylation is 2. The van der Waals surface area contributed by atoms with Crippen LogP contribution in [-0.2, 0) is 17.4 Å². The monoisotopic (exact) mass is 674 g/mol. The number of halogens is 2. The fraction of sp³-hybridized carbons (Fsp3) is 0.0588. The molecular formula is C34H28CrF2N6O4. The number of hydrogen-bond donors (Lipinski definition) is 4. The number of rotatable bonds is 6. The number of phenols is 2. The van der Waals surface area contributed by atoms with E-state index in [1.807, 2.05) is 60.7 Å². The molecule has 0 aliphatic rings. The molecule has 0 saturated heterocycles. The van der Waals surface area contributed by atoms with Crippen LogP contribution in [-0.4, -0.2) is 52.4 Å². The van der Waals surface area contributed by atoms with Gasteiger partial charge in [-0.15, -0.1) is 0 Å². The number of benzene rings is 4. The molecule has 10 nitrogen and oxygen atoms in total. The first-order valence-electron chi connectivity index (χ1n) is 13.9. The maximum Gasteiger partial charge on any atom is 0.223 e. The molecule has 2 aromatic heterocycles. The maximum absolute atomic E-state index is 13.0. The molecule has 13 heteroatoms. The van der Waals surface area contributed by atoms with Crippen LogP contribution >= 0.6 is 0 Å². The third-order valence-electron chi connectivity index (χ3n) is 6.70. The Balaban J connectivity index is 0.000000208. The first-order chi connectivity index (χ1) is 22.1. The molecule has 6 aromatic rings. The average molecular weight is 675 g/mol. The van der Waals surface area contributed by atoms with Crippen molar-refractivity contribution in [3.63, 3.8) is 0 Å². The van der Waals surface area contributed by atoms with Crippen LogP contribution in [0, 0.1) is 25.5 Å². The molecule has 0 radical (unpaired) electrons. The SMILES string of the molecule is Cc1nn(-c2ccccc2)c(O)c1C=Nc1ccc(F)cc1O.Cc1nn(-c2ccccc2)c(O)c1C=Nc1ccc(F)cc1O.[Cr]. The zero-order valence-electron chi connectivity index (χ0n) is 25.0. The second-order valence-electron chi connectivity index (χ2n) is 9.92. The van der Waals surface area contributed by atoms with Crippen molar-refractivity contribution in [1.82, 2.24) is 19.6 Å². The molecule has 6 rings (SSSR count). The van der Waals surface area contributed by atoms with Crippen LogP contribution in [0.5, 0.6) is 23.3 Å². The molecule has 238 valence electrons. The van der Waals surface area contributed by atoms with Gasteiger partial charge >= 0.3 is 0 Å². The number of phenolic OH excluding ortho intramolecular Hbond substituents is 2. The smallest absolute Gasteiger partial charge is 0.223 e. The van der Waals surface area contributed by atoms with E-state index < -0.39 is 11.6 Å². The molecular weight excluding hydrogens is 646 g/mol. The Kier molecular flexibility index (Phi) is 10.9. The first kappa shape index (κ1) is 34.1. The van der Waals surface area contributed by atoms with Crippen molar-refractivity contribution in [2.75, 3.05) is 0 Å². The van der Waals surface area contributed by atoms with E-state index in [2.05, 4.69) is 20.2 Å². The summed E-state index contributed by atoms with van der Waals surface area (Å²) >= 11 is 0. The van der Waals surface area contributed by atoms with Gasteiger partial charge in [0.05, 0.1) is 33.9 Å². The van der Waals surface area contributed by atoms with E-state index in [0.717, 1.165) is 23.5 Å². The van der Waals surface area contributed by atoms with Gasteiger partial charge in [-0.05, 0) is 62.4 Å². The van der Waals surface area contributed by atoms with Crippen molar-refractivity contribution in [2.24, 2.45) is 9.98 Å². The van der Waals surface area contributed by atoms with Gasteiger partial charge in [-0.3, -0.25) is 9.98 Å². The van der Waals surface area contributed by atoms with Crippen molar-refractivity contribution in [3.8, 4) is 34.6 Å². The van der Waals surface area contributed by atoms with Gasteiger partial charge in [-0.1, -0.05) is 36.4 Å². The van der Waals surface area contributed by atoms with Crippen LogP contribution in [0.2, 0.25) is 0 Å². The minimum atomic E-state index is -0.544. The quantitative estimate of drug-likeness (QED) is 0.141. The molecule has 0 aliphatic carbocycles. The van der Waals surface area contributed by atoms with Crippen LogP contribution in [0.3, 0.4) is 0 Å². The van der Waals surface area contributed by atoms with E-state index >= 15 is 0 Å². The van der Waals surface area contributed by atoms with Crippen LogP contribution in [0.4, 0.5) is 20.2 Å². The molecule has 0 fully saturated rings. The second-order valence-corrected chi connectivity index (χ2v) is 9.92. The average Bonchev–Trinajstić information content (AvgIpc) is 3.50. The zero-order valence-corrected chi connectivity index (χ0v) is 26.3. The summed E-state index contributed by atoms with van der Waals surface area (Å²) in [5, 5.41) is 48.6. The summed E-state index contributed by atoms with van der Waals surface area (Å²) in [5.41, 5.74) is 3.87. The van der Waals surface area contributed by atoms with Gasteiger partial charge in [0.1, 0.15) is 34.5 Å². The summed E-state index contributed by atoms with van der Waals surface area (Å²) in [6.07, 6.45) is 2.79. The number of aromatic hydroxyl groups is 4. The topological polar surface area (TPSA) is 141 Å². The third-order valence-corrected chi connectivity index (χ3v) is 6.70. The molecule has 4 aromatic carbocycles. The third kappa shape index (κ3) is 7.91. The largest absolute Gasteiger partial charge is 0.506 e. The molecule has 2 heterocycles. The fourth-order valence-corrected chi connectivity index (χ4v) is 4.33. The summed E-state index contributed by atoms with van der Waals surface area (Å²) in [6, 6.07) is 25.5. The molecule has 0 spiro atoms. The Morgan fingerprint density at radius 1 is 0.574 bits per heavy atom. The molecule has 0 saturated carbocycles. The Bertz CT molecular complexity index is 1900. The normalized spacial score (nSPS) is 11.0. The maximum atomic E-state index is 13.0. The molecule has 0 aliphatic heterocycles. The van der Waals surface area contributed by atoms with Gasteiger partial charge in [0.25, 0.3) is 0 Å². The van der Waals surface area contributed by atoms with E-state index in [9.17, 15) is 29.2 Å². The Morgan fingerprint density at radius 2 is 0.936 bits per heavy atom. The van der Waals surface area contributed by atoms with Crippen molar-refractivity contribution in [1.29, 1.82) is 0 Å². The van der Waals surface area contributed by atoms with Crippen LogP contribution < -0.4 is 0 Å². The van der Waals surface area contributed by atoms with Crippen LogP contribution in [0.1, 0.15) is 22.5 Å². The molecule has 0 bridgehead atoms. The minimum Gasteiger partial charge on any atom is -0.506 e. The number of nitrogens with zero attached hydrogens (tertiary/aromatic N) is 6. The van der Waals surface area contributed by atoms with Crippen molar-refractivity contribution in [2.45, 2.75) is 13.8 Å². The Hall–Kier alpha value is -5.77. The van der Waals surface area contributed by atoms with E-state index in [1.54, 1.807) is 13.8 Å². The number of aromatic nitrogens is 4. The van der Waals surface area contributed by atoms with Crippen molar-refractivity contribution >= 4 is 23.8 Å². The van der Waals surface area contributed by atoms with E-state index in [4.69, 9.17) is 0 Å². The van der Waals surface area contributed by atoms with Gasteiger partial charge < -0.3 is 20.4 Å². The summed E-state index contributed by atoms with van der Waals surface area (Å²) in [4.78, 5) is 8.18. The minimum absolute atomic E-state index is 0. The molecule has 0 atom stereocenters. The molecule has 0 amide bonds. The van der Waals surface area contributed by atoms with E-state index in [1.165, 1.54) is 46.1 Å². The molecule has 4 N–H and O–H groups in total. The van der Waals surface area contributed by atoms with Crippen molar-refractivity contribution in [3.05, 3.63) is 131 Å². The second kappa shape index (κ2) is 15.0. The van der Waals surface area contributed by atoms with Gasteiger partial charge in [0, 0.05) is 41.9 Å². The van der Waals surface area contributed by atoms with E-state index in [-0.39, 0.29) is 52.0 Å². The predicted octanol–water partition coefficient (Wildman–Crippen LogP) is 6.96. The summed E-state index contributed by atoms with van der Waals surface area (Å²) in [7, 11) is 0. The van der Waals surface area contributed by atoms with Gasteiger partial charge in [-0.25, -0.2) is 18.1 Å². The number of para-hydroxylation sites is 2. The van der Waals surface area contributed by atoms with Crippen molar-refractivity contribution < 1.29 is 46.6 Å². The zero-order chi connectivity index (χ0) is 32.8. The Labute approximate surface area is 279 Å². The van der Waals surface area contributed by atoms with Crippen LogP contribution in [0.15, 0.2) is 107 Å².